The van der Waals surface area contributed by atoms with E-state index in [9.17, 15) is 48.4 Å². The molecule has 2 aromatic heterocycles. The van der Waals surface area contributed by atoms with E-state index in [-0.39, 0.29) is 62.4 Å². The average Bonchev–Trinajstić information content (AvgIpc) is 3.98. The molecule has 0 fully saturated rings. The third-order valence-corrected chi connectivity index (χ3v) is 14.5. The molecule has 8 N–H and O–H groups in total. The summed E-state index contributed by atoms with van der Waals surface area (Å²) in [5.74, 6) is -3.94. The number of aliphatic hydroxyl groups is 4. The number of aliphatic carboxylic acids is 2. The van der Waals surface area contributed by atoms with Gasteiger partial charge in [0.1, 0.15) is 11.6 Å². The molecule has 0 aliphatic heterocycles. The zero-order valence-corrected chi connectivity index (χ0v) is 46.6. The number of nitrogens with one attached hydrogen (secondary N) is 2. The third-order valence-electron chi connectivity index (χ3n) is 14.5. The number of unbranched alkanes of at least 4 members (excludes halogenated alkanes) is 7. The Balaban J connectivity index is 1.06. The van der Waals surface area contributed by atoms with E-state index in [0.717, 1.165) is 73.9 Å². The fourth-order valence-corrected chi connectivity index (χ4v) is 10.9. The summed E-state index contributed by atoms with van der Waals surface area (Å²) in [6.07, 6.45) is 1.90. The van der Waals surface area contributed by atoms with Crippen molar-refractivity contribution in [1.29, 1.82) is 0 Å². The number of carboxylic acids is 2. The maximum Gasteiger partial charge on any atom is 0.305 e. The highest BCUT2D eigenvalue weighted by atomic mass is 19.1. The lowest BCUT2D eigenvalue weighted by molar-refractivity contribution is -0.140. The van der Waals surface area contributed by atoms with Gasteiger partial charge in [-0.15, -0.1) is 0 Å². The molecule has 2 unspecified atom stereocenters. The number of benzene rings is 4. The predicted octanol–water partition coefficient (Wildman–Crippen LogP) is 11.7. The van der Waals surface area contributed by atoms with Gasteiger partial charge in [-0.3, -0.25) is 19.2 Å². The standard InChI is InChI=1S/C64H80F2N4O10/c1-41(2)59-57(55(43-19-13-11-14-20-43)61(45-23-27-47(65)28-24-45)69(59)35-31-49(71)37-51(73)39-53(75)76)63(79)67-33-17-9-7-5-6-8-10-18-34-68-64(80)58-56(44-21-15-12-16-22-44)62(46-25-29-48(66)30-26-46)70(60(58)42(3)4)36-32-50(72)38-52(74)40-54(77)78/h11-16,19-30,41-42,49-52,71-74H,5-10,17-18,31-40H2,1-4H3,(H,67,79)(H,68,80)(H,75,76)(H,77,78)/t49-,50?,51-,52?/m1/s1. The quantitative estimate of drug-likeness (QED) is 0.0182. The normalized spacial score (nSPS) is 13.1. The first-order valence-electron chi connectivity index (χ1n) is 28.2. The van der Waals surface area contributed by atoms with Crippen LogP contribution in [0.5, 0.6) is 0 Å². The van der Waals surface area contributed by atoms with Crippen molar-refractivity contribution >= 4 is 23.8 Å². The van der Waals surface area contributed by atoms with Crippen molar-refractivity contribution in [2.45, 2.75) is 167 Å². The number of aromatic nitrogens is 2. The number of rotatable bonds is 33. The molecule has 0 radical (unpaired) electrons. The molecule has 0 aliphatic rings. The van der Waals surface area contributed by atoms with Crippen LogP contribution in [0.15, 0.2) is 109 Å². The number of nitrogens with zero attached hydrogens (tertiary/aromatic N) is 2. The molecule has 80 heavy (non-hydrogen) atoms. The predicted molar refractivity (Wildman–Crippen MR) is 307 cm³/mol. The largest absolute Gasteiger partial charge is 0.481 e. The first kappa shape index (κ1) is 62.2. The van der Waals surface area contributed by atoms with Crippen LogP contribution < -0.4 is 10.6 Å². The molecular formula is C64H80F2N4O10. The highest BCUT2D eigenvalue weighted by Crippen LogP contribution is 2.44. The lowest BCUT2D eigenvalue weighted by atomic mass is 9.94. The molecule has 0 aliphatic carbocycles. The van der Waals surface area contributed by atoms with Crippen molar-refractivity contribution in [2.75, 3.05) is 13.1 Å². The summed E-state index contributed by atoms with van der Waals surface area (Å²) in [5, 5.41) is 67.1. The molecule has 0 bridgehead atoms. The summed E-state index contributed by atoms with van der Waals surface area (Å²) in [4.78, 5) is 51.4. The highest BCUT2D eigenvalue weighted by molar-refractivity contribution is 6.07. The molecule has 6 aromatic rings. The molecule has 4 aromatic carbocycles. The van der Waals surface area contributed by atoms with Gasteiger partial charge in [0.2, 0.25) is 0 Å². The number of amides is 2. The summed E-state index contributed by atoms with van der Waals surface area (Å²) < 4.78 is 32.7. The van der Waals surface area contributed by atoms with E-state index < -0.39 is 60.8 Å². The van der Waals surface area contributed by atoms with Gasteiger partial charge in [0.25, 0.3) is 11.8 Å². The van der Waals surface area contributed by atoms with Crippen LogP contribution >= 0.6 is 0 Å². The molecule has 14 nitrogen and oxygen atoms in total. The van der Waals surface area contributed by atoms with Gasteiger partial charge in [-0.25, -0.2) is 8.78 Å². The minimum Gasteiger partial charge on any atom is -0.481 e. The van der Waals surface area contributed by atoms with Crippen molar-refractivity contribution < 1.29 is 58.6 Å². The van der Waals surface area contributed by atoms with Gasteiger partial charge >= 0.3 is 11.9 Å². The monoisotopic (exact) mass is 1100 g/mol. The van der Waals surface area contributed by atoms with E-state index in [2.05, 4.69) is 10.6 Å². The van der Waals surface area contributed by atoms with E-state index in [0.29, 0.717) is 57.9 Å². The number of carbonyl (C=O) groups excluding carboxylic acids is 2. The van der Waals surface area contributed by atoms with Crippen LogP contribution in [0.3, 0.4) is 0 Å². The molecule has 4 atom stereocenters. The van der Waals surface area contributed by atoms with Gasteiger partial charge in [0, 0.05) is 48.7 Å². The Morgan fingerprint density at radius 1 is 0.450 bits per heavy atom. The van der Waals surface area contributed by atoms with Crippen molar-refractivity contribution in [3.63, 3.8) is 0 Å². The summed E-state index contributed by atoms with van der Waals surface area (Å²) in [7, 11) is 0. The number of carboxylic acid groups (broad SMARTS) is 2. The minimum atomic E-state index is -1.22. The Kier molecular flexibility index (Phi) is 23.8. The van der Waals surface area contributed by atoms with Crippen molar-refractivity contribution in [3.8, 4) is 44.8 Å². The minimum absolute atomic E-state index is 0.127. The van der Waals surface area contributed by atoms with Gasteiger partial charge in [-0.1, -0.05) is 127 Å². The topological polar surface area (TPSA) is 224 Å². The van der Waals surface area contributed by atoms with Crippen molar-refractivity contribution in [1.82, 2.24) is 19.8 Å². The second-order valence-electron chi connectivity index (χ2n) is 21.5. The molecular weight excluding hydrogens is 1020 g/mol. The van der Waals surface area contributed by atoms with Crippen LogP contribution in [-0.2, 0) is 22.7 Å². The van der Waals surface area contributed by atoms with E-state index in [1.165, 1.54) is 24.3 Å². The molecule has 0 saturated carbocycles. The second kappa shape index (κ2) is 30.6. The maximum absolute atomic E-state index is 14.5. The highest BCUT2D eigenvalue weighted by Gasteiger charge is 2.33. The molecule has 430 valence electrons. The average molecular weight is 1100 g/mol. The van der Waals surface area contributed by atoms with E-state index in [1.807, 2.05) is 97.5 Å². The van der Waals surface area contributed by atoms with E-state index in [1.54, 1.807) is 24.3 Å². The Hall–Kier alpha value is -6.98. The van der Waals surface area contributed by atoms with E-state index in [4.69, 9.17) is 10.2 Å². The maximum atomic E-state index is 14.5. The molecule has 2 heterocycles. The van der Waals surface area contributed by atoms with Crippen LogP contribution in [-0.4, -0.2) is 101 Å². The van der Waals surface area contributed by atoms with Crippen LogP contribution in [0.4, 0.5) is 8.78 Å². The number of hydrogen-bond donors (Lipinski definition) is 8. The molecule has 16 heteroatoms. The number of halogens is 2. The van der Waals surface area contributed by atoms with Crippen LogP contribution in [0, 0.1) is 11.6 Å². The zero-order chi connectivity index (χ0) is 57.9. The Labute approximate surface area is 468 Å². The van der Waals surface area contributed by atoms with E-state index >= 15 is 0 Å². The Morgan fingerprint density at radius 3 is 1.09 bits per heavy atom. The van der Waals surface area contributed by atoms with Gasteiger partial charge in [0.05, 0.1) is 59.8 Å². The number of hydrogen-bond acceptors (Lipinski definition) is 8. The fraction of sp³-hybridized carbons (Fsp3) is 0.438. The van der Waals surface area contributed by atoms with Crippen molar-refractivity contribution in [3.05, 3.63) is 143 Å². The summed E-state index contributed by atoms with van der Waals surface area (Å²) >= 11 is 0. The third kappa shape index (κ3) is 17.3. The van der Waals surface area contributed by atoms with Crippen molar-refractivity contribution in [2.24, 2.45) is 0 Å². The lowest BCUT2D eigenvalue weighted by Crippen LogP contribution is -2.26. The SMILES string of the molecule is CC(C)c1c(C(=O)NCCCCCCCCCCNC(=O)c2c(-c3ccccc3)c(-c3ccc(F)cc3)n(CC[C@@H](O)C[C@@H](O)CC(=O)O)c2C(C)C)c(-c2ccccc2)c(-c2ccc(F)cc2)n1CCC(O)CC(O)CC(=O)O. The Morgan fingerprint density at radius 2 is 0.775 bits per heavy atom. The molecule has 0 saturated heterocycles. The zero-order valence-electron chi connectivity index (χ0n) is 46.6. The van der Waals surface area contributed by atoms with Crippen LogP contribution in [0.1, 0.15) is 162 Å². The first-order chi connectivity index (χ1) is 38.4. The summed E-state index contributed by atoms with van der Waals surface area (Å²) in [6, 6.07) is 31.3. The fourth-order valence-electron chi connectivity index (χ4n) is 10.9. The van der Waals surface area contributed by atoms with Crippen LogP contribution in [0.25, 0.3) is 44.8 Å². The molecule has 0 spiro atoms. The van der Waals surface area contributed by atoms with Crippen LogP contribution in [0.2, 0.25) is 0 Å². The summed E-state index contributed by atoms with van der Waals surface area (Å²) in [5.41, 5.74) is 8.17. The summed E-state index contributed by atoms with van der Waals surface area (Å²) in [6.45, 7) is 9.36. The second-order valence-corrected chi connectivity index (χ2v) is 21.5. The number of carbonyl (C=O) groups is 4. The van der Waals surface area contributed by atoms with Gasteiger partial charge < -0.3 is 50.4 Å². The Bertz CT molecular complexity index is 2740. The molecule has 2 amide bonds. The van der Waals surface area contributed by atoms with Gasteiger partial charge in [0.15, 0.2) is 0 Å². The smallest absolute Gasteiger partial charge is 0.305 e. The number of aliphatic hydroxyl groups excluding tert-OH is 4. The first-order valence-corrected chi connectivity index (χ1v) is 28.2. The molecule has 6 rings (SSSR count). The van der Waals surface area contributed by atoms with Gasteiger partial charge in [-0.2, -0.15) is 0 Å². The van der Waals surface area contributed by atoms with Gasteiger partial charge in [-0.05, 0) is 121 Å². The lowest BCUT2D eigenvalue weighted by Gasteiger charge is -2.20.